The van der Waals surface area contributed by atoms with Crippen LogP contribution in [0.2, 0.25) is 0 Å². The number of rotatable bonds is 5. The molecule has 0 radical (unpaired) electrons. The van der Waals surface area contributed by atoms with E-state index in [1.807, 2.05) is 18.3 Å². The molecule has 0 bridgehead atoms. The number of hydrogen-bond acceptors (Lipinski definition) is 3. The summed E-state index contributed by atoms with van der Waals surface area (Å²) < 4.78 is 5.81. The first-order valence-corrected chi connectivity index (χ1v) is 7.70. The lowest BCUT2D eigenvalue weighted by Crippen LogP contribution is -2.28. The number of pyridine rings is 1. The summed E-state index contributed by atoms with van der Waals surface area (Å²) in [7, 11) is 0. The molecule has 5 heteroatoms. The van der Waals surface area contributed by atoms with E-state index in [-0.39, 0.29) is 30.2 Å². The van der Waals surface area contributed by atoms with Gasteiger partial charge in [-0.05, 0) is 36.4 Å². The zero-order valence-corrected chi connectivity index (χ0v) is 15.8. The normalized spacial score (nSPS) is 18.0. The van der Waals surface area contributed by atoms with Crippen LogP contribution >= 0.6 is 24.8 Å². The highest BCUT2D eigenvalue weighted by atomic mass is 35.5. The van der Waals surface area contributed by atoms with E-state index in [1.54, 1.807) is 6.20 Å². The molecule has 1 N–H and O–H groups in total. The van der Waals surface area contributed by atoms with Crippen LogP contribution in [0.5, 0.6) is 5.75 Å². The predicted molar refractivity (Wildman–Crippen MR) is 103 cm³/mol. The van der Waals surface area contributed by atoms with E-state index in [0.29, 0.717) is 6.04 Å². The Kier molecular flexibility index (Phi) is 10.2. The summed E-state index contributed by atoms with van der Waals surface area (Å²) in [5.41, 5.74) is 1.27. The van der Waals surface area contributed by atoms with Crippen LogP contribution in [0.1, 0.15) is 39.2 Å². The molecular weight excluding hydrogens is 331 g/mol. The molecule has 2 heterocycles. The first-order valence-electron chi connectivity index (χ1n) is 7.70. The summed E-state index contributed by atoms with van der Waals surface area (Å²) in [5, 5.41) is 3.43. The number of halogens is 2. The molecule has 2 rings (SSSR count). The van der Waals surface area contributed by atoms with Gasteiger partial charge in [0.25, 0.3) is 0 Å². The lowest BCUT2D eigenvalue weighted by molar-refractivity contribution is 0.276. The van der Waals surface area contributed by atoms with Crippen molar-refractivity contribution in [2.45, 2.75) is 39.7 Å². The molecule has 1 atom stereocenters. The average molecular weight is 359 g/mol. The number of hydrogen-bond donors (Lipinski definition) is 1. The highest BCUT2D eigenvalue weighted by Crippen LogP contribution is 2.16. The molecule has 0 aliphatic carbocycles. The summed E-state index contributed by atoms with van der Waals surface area (Å²) in [6, 6.07) is 2.52. The maximum Gasteiger partial charge on any atom is 0.138 e. The second kappa shape index (κ2) is 10.7. The number of aromatic nitrogens is 1. The molecule has 1 fully saturated rings. The Balaban J connectivity index is 0.00000242. The summed E-state index contributed by atoms with van der Waals surface area (Å²) in [6.07, 6.45) is 14.4. The topological polar surface area (TPSA) is 34.1 Å². The predicted octanol–water partition coefficient (Wildman–Crippen LogP) is 4.67. The average Bonchev–Trinajstić information content (AvgIpc) is 2.94. The molecule has 1 saturated heterocycles. The smallest absolute Gasteiger partial charge is 0.138 e. The van der Waals surface area contributed by atoms with E-state index in [4.69, 9.17) is 4.74 Å². The summed E-state index contributed by atoms with van der Waals surface area (Å²) in [6.45, 7) is 8.38. The fourth-order valence-corrected chi connectivity index (χ4v) is 2.21. The lowest BCUT2D eigenvalue weighted by Gasteiger charge is -2.12. The summed E-state index contributed by atoms with van der Waals surface area (Å²) in [4.78, 5) is 4.24. The van der Waals surface area contributed by atoms with Gasteiger partial charge in [0, 0.05) is 12.2 Å². The molecule has 1 aromatic heterocycles. The van der Waals surface area contributed by atoms with E-state index in [0.717, 1.165) is 24.5 Å². The third-order valence-electron chi connectivity index (χ3n) is 3.34. The van der Waals surface area contributed by atoms with Crippen molar-refractivity contribution in [3.63, 3.8) is 0 Å². The third kappa shape index (κ3) is 8.99. The van der Waals surface area contributed by atoms with Crippen molar-refractivity contribution in [3.05, 3.63) is 42.3 Å². The molecule has 0 saturated carbocycles. The molecule has 1 aromatic rings. The van der Waals surface area contributed by atoms with Crippen molar-refractivity contribution < 1.29 is 4.74 Å². The second-order valence-corrected chi connectivity index (χ2v) is 6.64. The van der Waals surface area contributed by atoms with Gasteiger partial charge in [0.15, 0.2) is 0 Å². The highest BCUT2D eigenvalue weighted by molar-refractivity contribution is 5.85. The van der Waals surface area contributed by atoms with Crippen molar-refractivity contribution in [2.24, 2.45) is 5.41 Å². The zero-order valence-electron chi connectivity index (χ0n) is 14.1. The van der Waals surface area contributed by atoms with Gasteiger partial charge < -0.3 is 10.1 Å². The fraction of sp³-hybridized carbons (Fsp3) is 0.500. The number of nitrogens with zero attached hydrogens (tertiary/aromatic N) is 1. The van der Waals surface area contributed by atoms with Crippen LogP contribution in [-0.4, -0.2) is 24.2 Å². The minimum Gasteiger partial charge on any atom is -0.490 e. The molecule has 3 nitrogen and oxygen atoms in total. The van der Waals surface area contributed by atoms with E-state index in [2.05, 4.69) is 49.3 Å². The van der Waals surface area contributed by atoms with Crippen molar-refractivity contribution >= 4 is 30.9 Å². The first-order chi connectivity index (χ1) is 10.0. The zero-order chi connectivity index (χ0) is 15.1. The van der Waals surface area contributed by atoms with Crippen molar-refractivity contribution in [1.29, 1.82) is 0 Å². The lowest BCUT2D eigenvalue weighted by atomic mass is 9.96. The Morgan fingerprint density at radius 2 is 2.04 bits per heavy atom. The SMILES string of the molecule is CC(C)(C)C=CC=Cc1cncc(OC[C@H]2CCCN2)c1.Cl.Cl. The van der Waals surface area contributed by atoms with Crippen LogP contribution in [0.4, 0.5) is 0 Å². The van der Waals surface area contributed by atoms with E-state index < -0.39 is 0 Å². The minimum absolute atomic E-state index is 0. The highest BCUT2D eigenvalue weighted by Gasteiger charge is 2.14. The van der Waals surface area contributed by atoms with Gasteiger partial charge in [0.05, 0.1) is 6.20 Å². The maximum absolute atomic E-state index is 5.81. The molecule has 0 unspecified atom stereocenters. The Morgan fingerprint density at radius 3 is 2.70 bits per heavy atom. The van der Waals surface area contributed by atoms with E-state index >= 15 is 0 Å². The van der Waals surface area contributed by atoms with Crippen LogP contribution in [0.3, 0.4) is 0 Å². The molecule has 1 aliphatic rings. The van der Waals surface area contributed by atoms with Crippen molar-refractivity contribution in [3.8, 4) is 5.75 Å². The van der Waals surface area contributed by atoms with Crippen LogP contribution in [0, 0.1) is 5.41 Å². The molecule has 130 valence electrons. The molecule has 0 aromatic carbocycles. The summed E-state index contributed by atoms with van der Waals surface area (Å²) in [5.74, 6) is 0.839. The maximum atomic E-state index is 5.81. The number of allylic oxidation sites excluding steroid dienone is 3. The first kappa shape index (κ1) is 22.0. The minimum atomic E-state index is 0. The Hall–Kier alpha value is -1.03. The van der Waals surface area contributed by atoms with E-state index in [9.17, 15) is 0 Å². The molecule has 0 amide bonds. The standard InChI is InChI=1S/C18H26N2O.2ClH/c1-18(2,3)9-5-4-7-15-11-17(13-19-12-15)21-14-16-8-6-10-20-16;;/h4-5,7,9,11-13,16,20H,6,8,10,14H2,1-3H3;2*1H/t16-;;/m1../s1. The molecule has 1 aliphatic heterocycles. The Morgan fingerprint density at radius 1 is 1.26 bits per heavy atom. The number of ether oxygens (including phenoxy) is 1. The molecular formula is C18H28Cl2N2O. The van der Waals surface area contributed by atoms with Gasteiger partial charge in [-0.25, -0.2) is 0 Å². The van der Waals surface area contributed by atoms with Gasteiger partial charge in [0.1, 0.15) is 12.4 Å². The van der Waals surface area contributed by atoms with Gasteiger partial charge in [-0.1, -0.05) is 45.1 Å². The quantitative estimate of drug-likeness (QED) is 0.776. The molecule has 23 heavy (non-hydrogen) atoms. The van der Waals surface area contributed by atoms with Gasteiger partial charge in [-0.2, -0.15) is 0 Å². The van der Waals surface area contributed by atoms with Gasteiger partial charge >= 0.3 is 0 Å². The fourth-order valence-electron chi connectivity index (χ4n) is 2.21. The van der Waals surface area contributed by atoms with Gasteiger partial charge in [-0.15, -0.1) is 24.8 Å². The van der Waals surface area contributed by atoms with Crippen LogP contribution < -0.4 is 10.1 Å². The second-order valence-electron chi connectivity index (χ2n) is 6.64. The largest absolute Gasteiger partial charge is 0.490 e. The van der Waals surface area contributed by atoms with Crippen LogP contribution in [0.25, 0.3) is 6.08 Å². The van der Waals surface area contributed by atoms with E-state index in [1.165, 1.54) is 12.8 Å². The van der Waals surface area contributed by atoms with Gasteiger partial charge in [-0.3, -0.25) is 4.98 Å². The Labute approximate surface area is 152 Å². The van der Waals surface area contributed by atoms with Crippen LogP contribution in [-0.2, 0) is 0 Å². The van der Waals surface area contributed by atoms with Crippen molar-refractivity contribution in [1.82, 2.24) is 10.3 Å². The summed E-state index contributed by atoms with van der Waals surface area (Å²) >= 11 is 0. The monoisotopic (exact) mass is 358 g/mol. The molecule has 0 spiro atoms. The van der Waals surface area contributed by atoms with Crippen molar-refractivity contribution in [2.75, 3.05) is 13.2 Å². The number of nitrogens with one attached hydrogen (secondary N) is 1. The third-order valence-corrected chi connectivity index (χ3v) is 3.34. The van der Waals surface area contributed by atoms with Gasteiger partial charge in [0.2, 0.25) is 0 Å². The van der Waals surface area contributed by atoms with Crippen LogP contribution in [0.15, 0.2) is 36.7 Å². The Bertz CT molecular complexity index is 504.